The molecular formula is C18H18N6O. The van der Waals surface area contributed by atoms with Gasteiger partial charge in [-0.05, 0) is 36.6 Å². The van der Waals surface area contributed by atoms with E-state index in [0.29, 0.717) is 18.8 Å². The van der Waals surface area contributed by atoms with Crippen LogP contribution in [0.2, 0.25) is 0 Å². The number of fused-ring (bicyclic) bond motifs is 1. The fraction of sp³-hybridized carbons (Fsp3) is 0.222. The second-order valence-electron chi connectivity index (χ2n) is 6.01. The predicted molar refractivity (Wildman–Crippen MR) is 96.0 cm³/mol. The first-order valence-corrected chi connectivity index (χ1v) is 8.16. The summed E-state index contributed by atoms with van der Waals surface area (Å²) in [6.45, 7) is 3.24. The minimum atomic E-state index is -0.117. The number of amides is 2. The number of hydrogen-bond acceptors (Lipinski definition) is 4. The smallest absolute Gasteiger partial charge is 0.322 e. The summed E-state index contributed by atoms with van der Waals surface area (Å²) in [5.41, 5.74) is 4.78. The summed E-state index contributed by atoms with van der Waals surface area (Å²) in [5.74, 6) is 0. The number of nitrogens with zero attached hydrogens (tertiary/aromatic N) is 4. The van der Waals surface area contributed by atoms with E-state index in [1.54, 1.807) is 29.7 Å². The number of nitrogens with one attached hydrogen (secondary N) is 2. The number of carbonyl (C=O) groups is 1. The van der Waals surface area contributed by atoms with Gasteiger partial charge in [-0.25, -0.2) is 14.8 Å². The number of hydrogen-bond donors (Lipinski definition) is 2. The summed E-state index contributed by atoms with van der Waals surface area (Å²) < 4.78 is 0. The van der Waals surface area contributed by atoms with Crippen LogP contribution in [-0.4, -0.2) is 44.0 Å². The first-order chi connectivity index (χ1) is 12.2. The number of urea groups is 1. The molecule has 1 aliphatic rings. The summed E-state index contributed by atoms with van der Waals surface area (Å²) >= 11 is 0. The molecule has 25 heavy (non-hydrogen) atoms. The van der Waals surface area contributed by atoms with Crippen LogP contribution >= 0.6 is 0 Å². The Labute approximate surface area is 144 Å². The van der Waals surface area contributed by atoms with Crippen LogP contribution in [0, 0.1) is 6.92 Å². The highest BCUT2D eigenvalue weighted by atomic mass is 16.2. The van der Waals surface area contributed by atoms with Crippen molar-refractivity contribution in [3.63, 3.8) is 0 Å². The molecule has 7 nitrogen and oxygen atoms in total. The van der Waals surface area contributed by atoms with E-state index in [1.165, 1.54) is 0 Å². The van der Waals surface area contributed by atoms with Crippen LogP contribution in [0.25, 0.3) is 16.6 Å². The van der Waals surface area contributed by atoms with E-state index in [4.69, 9.17) is 0 Å². The van der Waals surface area contributed by atoms with Crippen molar-refractivity contribution in [1.82, 2.24) is 24.8 Å². The predicted octanol–water partition coefficient (Wildman–Crippen LogP) is 2.98. The van der Waals surface area contributed by atoms with Gasteiger partial charge in [-0.2, -0.15) is 0 Å². The van der Waals surface area contributed by atoms with E-state index < -0.39 is 0 Å². The molecule has 126 valence electrons. The van der Waals surface area contributed by atoms with E-state index in [2.05, 4.69) is 31.3 Å². The van der Waals surface area contributed by atoms with Crippen molar-refractivity contribution in [2.45, 2.75) is 13.3 Å². The van der Waals surface area contributed by atoms with Gasteiger partial charge in [0.15, 0.2) is 0 Å². The van der Waals surface area contributed by atoms with Crippen LogP contribution in [0.1, 0.15) is 17.7 Å². The maximum atomic E-state index is 12.4. The van der Waals surface area contributed by atoms with Crippen molar-refractivity contribution in [2.75, 3.05) is 18.4 Å². The summed E-state index contributed by atoms with van der Waals surface area (Å²) in [4.78, 5) is 30.1. The Balaban J connectivity index is 1.52. The van der Waals surface area contributed by atoms with Crippen LogP contribution < -0.4 is 5.32 Å². The molecule has 2 amide bonds. The Morgan fingerprint density at radius 1 is 1.36 bits per heavy atom. The Morgan fingerprint density at radius 3 is 3.04 bits per heavy atom. The van der Waals surface area contributed by atoms with E-state index in [9.17, 15) is 4.79 Å². The number of H-pyrrole nitrogens is 1. The third-order valence-electron chi connectivity index (χ3n) is 4.38. The van der Waals surface area contributed by atoms with Crippen LogP contribution in [-0.2, 0) is 0 Å². The molecule has 0 spiro atoms. The molecule has 4 rings (SSSR count). The maximum absolute atomic E-state index is 12.4. The average Bonchev–Trinajstić information content (AvgIpc) is 3.04. The second kappa shape index (κ2) is 6.35. The van der Waals surface area contributed by atoms with Gasteiger partial charge in [-0.1, -0.05) is 6.08 Å². The number of rotatable bonds is 2. The van der Waals surface area contributed by atoms with Gasteiger partial charge in [0.1, 0.15) is 12.0 Å². The SMILES string of the molecule is Cc1c[nH]c2ncnc(C3=CCN(C(=O)Nc4cccnc4)CC3)c12. The zero-order valence-corrected chi connectivity index (χ0v) is 13.9. The highest BCUT2D eigenvalue weighted by Crippen LogP contribution is 2.28. The topological polar surface area (TPSA) is 86.8 Å². The number of aryl methyl sites for hydroxylation is 1. The van der Waals surface area contributed by atoms with Gasteiger partial charge in [-0.15, -0.1) is 0 Å². The summed E-state index contributed by atoms with van der Waals surface area (Å²) in [6, 6.07) is 3.50. The fourth-order valence-corrected chi connectivity index (χ4v) is 3.07. The van der Waals surface area contributed by atoms with E-state index in [-0.39, 0.29) is 6.03 Å². The van der Waals surface area contributed by atoms with Crippen molar-refractivity contribution in [2.24, 2.45) is 0 Å². The number of carbonyl (C=O) groups excluding carboxylic acids is 1. The van der Waals surface area contributed by atoms with Gasteiger partial charge in [0.25, 0.3) is 0 Å². The van der Waals surface area contributed by atoms with Crippen molar-refractivity contribution in [3.8, 4) is 0 Å². The maximum Gasteiger partial charge on any atom is 0.322 e. The monoisotopic (exact) mass is 334 g/mol. The zero-order chi connectivity index (χ0) is 17.2. The molecule has 4 heterocycles. The van der Waals surface area contributed by atoms with Gasteiger partial charge in [0, 0.05) is 30.9 Å². The second-order valence-corrected chi connectivity index (χ2v) is 6.01. The third kappa shape index (κ3) is 2.96. The minimum Gasteiger partial charge on any atom is -0.346 e. The quantitative estimate of drug-likeness (QED) is 0.754. The standard InChI is InChI=1S/C18H18N6O/c1-12-9-20-17-15(12)16(21-11-22-17)13-4-7-24(8-5-13)18(25)23-14-3-2-6-19-10-14/h2-4,6,9-11H,5,7-8H2,1H3,(H,23,25)(H,20,21,22). The molecule has 0 unspecified atom stereocenters. The molecule has 3 aromatic heterocycles. The highest BCUT2D eigenvalue weighted by Gasteiger charge is 2.20. The Morgan fingerprint density at radius 2 is 2.28 bits per heavy atom. The van der Waals surface area contributed by atoms with Crippen LogP contribution in [0.4, 0.5) is 10.5 Å². The average molecular weight is 334 g/mol. The van der Waals surface area contributed by atoms with Crippen LogP contribution in [0.15, 0.2) is 43.1 Å². The molecule has 3 aromatic rings. The number of anilines is 1. The lowest BCUT2D eigenvalue weighted by atomic mass is 10.0. The lowest BCUT2D eigenvalue weighted by molar-refractivity contribution is 0.217. The lowest BCUT2D eigenvalue weighted by Gasteiger charge is -2.26. The van der Waals surface area contributed by atoms with Crippen molar-refractivity contribution in [3.05, 3.63) is 54.4 Å². The van der Waals surface area contributed by atoms with E-state index in [0.717, 1.165) is 34.3 Å². The van der Waals surface area contributed by atoms with Gasteiger partial charge in [-0.3, -0.25) is 4.98 Å². The molecule has 0 saturated carbocycles. The molecule has 0 saturated heterocycles. The van der Waals surface area contributed by atoms with Gasteiger partial charge in [0.05, 0.1) is 17.6 Å². The lowest BCUT2D eigenvalue weighted by Crippen LogP contribution is -2.38. The number of pyridine rings is 1. The molecule has 1 aliphatic heterocycles. The summed E-state index contributed by atoms with van der Waals surface area (Å²) in [5, 5.41) is 3.92. The van der Waals surface area contributed by atoms with Crippen molar-refractivity contribution in [1.29, 1.82) is 0 Å². The molecule has 0 aliphatic carbocycles. The molecule has 0 atom stereocenters. The van der Waals surface area contributed by atoms with Crippen LogP contribution in [0.3, 0.4) is 0 Å². The Hall–Kier alpha value is -3.22. The highest BCUT2D eigenvalue weighted by molar-refractivity contribution is 5.92. The molecule has 0 bridgehead atoms. The normalized spacial score (nSPS) is 14.4. The van der Waals surface area contributed by atoms with Crippen LogP contribution in [0.5, 0.6) is 0 Å². The largest absolute Gasteiger partial charge is 0.346 e. The van der Waals surface area contributed by atoms with E-state index in [1.807, 2.05) is 19.2 Å². The first kappa shape index (κ1) is 15.3. The van der Waals surface area contributed by atoms with Gasteiger partial charge >= 0.3 is 6.03 Å². The van der Waals surface area contributed by atoms with Gasteiger partial charge < -0.3 is 15.2 Å². The molecule has 0 fully saturated rings. The molecule has 0 radical (unpaired) electrons. The first-order valence-electron chi connectivity index (χ1n) is 8.16. The molecule has 7 heteroatoms. The minimum absolute atomic E-state index is 0.117. The molecule has 2 N–H and O–H groups in total. The zero-order valence-electron chi connectivity index (χ0n) is 13.9. The molecular weight excluding hydrogens is 316 g/mol. The third-order valence-corrected chi connectivity index (χ3v) is 4.38. The number of aromatic amines is 1. The van der Waals surface area contributed by atoms with Crippen molar-refractivity contribution >= 4 is 28.3 Å². The number of aromatic nitrogens is 4. The summed E-state index contributed by atoms with van der Waals surface area (Å²) in [7, 11) is 0. The van der Waals surface area contributed by atoms with E-state index >= 15 is 0 Å². The Bertz CT molecular complexity index is 947. The summed E-state index contributed by atoms with van der Waals surface area (Å²) in [6.07, 6.45) is 9.67. The van der Waals surface area contributed by atoms with Gasteiger partial charge in [0.2, 0.25) is 0 Å². The fourth-order valence-electron chi connectivity index (χ4n) is 3.07. The van der Waals surface area contributed by atoms with Crippen molar-refractivity contribution < 1.29 is 4.79 Å². The Kier molecular flexibility index (Phi) is 3.89. The molecule has 0 aromatic carbocycles.